The van der Waals surface area contributed by atoms with Crippen molar-refractivity contribution in [1.82, 2.24) is 0 Å². The Hall–Kier alpha value is -1.48. The summed E-state index contributed by atoms with van der Waals surface area (Å²) in [5.41, 5.74) is 1.22. The molecule has 0 bridgehead atoms. The van der Waals surface area contributed by atoms with Crippen molar-refractivity contribution >= 4 is 31.0 Å². The van der Waals surface area contributed by atoms with Crippen LogP contribution in [0.25, 0.3) is 10.8 Å². The molecule has 0 saturated heterocycles. The van der Waals surface area contributed by atoms with Gasteiger partial charge in [0, 0.05) is 10.8 Å². The molecule has 6 nitrogen and oxygen atoms in total. The molecular formula is C20H28O6S2. The minimum Gasteiger partial charge on any atom is -0.282 e. The van der Waals surface area contributed by atoms with Gasteiger partial charge in [0.15, 0.2) is 0 Å². The molecule has 8 heteroatoms. The summed E-state index contributed by atoms with van der Waals surface area (Å²) >= 11 is 0. The Balaban J connectivity index is 2.75. The second-order valence-corrected chi connectivity index (χ2v) is 9.93. The van der Waals surface area contributed by atoms with E-state index in [1.54, 1.807) is 12.1 Å². The highest BCUT2D eigenvalue weighted by Gasteiger charge is 2.22. The van der Waals surface area contributed by atoms with Crippen molar-refractivity contribution in [2.24, 2.45) is 0 Å². The fourth-order valence-corrected chi connectivity index (χ4v) is 4.88. The summed E-state index contributed by atoms with van der Waals surface area (Å²) in [6.45, 7) is 4.08. The van der Waals surface area contributed by atoms with Gasteiger partial charge in [0.05, 0.1) is 0 Å². The first-order valence-electron chi connectivity index (χ1n) is 9.62. The second kappa shape index (κ2) is 9.35. The van der Waals surface area contributed by atoms with Gasteiger partial charge >= 0.3 is 0 Å². The molecule has 0 radical (unpaired) electrons. The molecule has 2 N–H and O–H groups in total. The lowest BCUT2D eigenvalue weighted by Crippen LogP contribution is -2.06. The Morgan fingerprint density at radius 1 is 0.643 bits per heavy atom. The van der Waals surface area contributed by atoms with Crippen molar-refractivity contribution in [2.75, 3.05) is 0 Å². The quantitative estimate of drug-likeness (QED) is 0.416. The van der Waals surface area contributed by atoms with E-state index in [0.29, 0.717) is 24.0 Å². The van der Waals surface area contributed by atoms with Crippen LogP contribution in [0.3, 0.4) is 0 Å². The largest absolute Gasteiger partial charge is 0.295 e. The summed E-state index contributed by atoms with van der Waals surface area (Å²) in [6, 6.07) is 5.99. The first-order chi connectivity index (χ1) is 13.1. The highest BCUT2D eigenvalue weighted by atomic mass is 32.2. The van der Waals surface area contributed by atoms with Crippen LogP contribution < -0.4 is 0 Å². The van der Waals surface area contributed by atoms with Gasteiger partial charge in [-0.25, -0.2) is 0 Å². The predicted molar refractivity (Wildman–Crippen MR) is 110 cm³/mol. The van der Waals surface area contributed by atoms with E-state index >= 15 is 0 Å². The molecule has 0 atom stereocenters. The van der Waals surface area contributed by atoms with E-state index in [1.807, 2.05) is 13.8 Å². The predicted octanol–water partition coefficient (Wildman–Crippen LogP) is 4.80. The number of rotatable bonds is 10. The zero-order valence-corrected chi connectivity index (χ0v) is 17.9. The summed E-state index contributed by atoms with van der Waals surface area (Å²) in [5, 5.41) is 0.228. The lowest BCUT2D eigenvalue weighted by atomic mass is 9.99. The Labute approximate surface area is 167 Å². The fraction of sp³-hybridized carbons (Fsp3) is 0.500. The third kappa shape index (κ3) is 5.76. The standard InChI is InChI=1S/C20H28O6S2/c1-3-5-7-9-15-11-17-18(19(13-15)27(21,22)23)12-16(10-8-6-4-2)14-20(17)28(24,25)26/h11-14H,3-10H2,1-2H3,(H,21,22,23)(H,24,25,26). The van der Waals surface area contributed by atoms with Crippen molar-refractivity contribution in [3.8, 4) is 0 Å². The number of benzene rings is 2. The van der Waals surface area contributed by atoms with E-state index in [4.69, 9.17) is 0 Å². The first-order valence-corrected chi connectivity index (χ1v) is 12.5. The minimum absolute atomic E-state index is 0.114. The fourth-order valence-electron chi connectivity index (χ4n) is 3.38. The van der Waals surface area contributed by atoms with E-state index in [2.05, 4.69) is 0 Å². The highest BCUT2D eigenvalue weighted by molar-refractivity contribution is 7.86. The molecule has 0 amide bonds. The third-order valence-electron chi connectivity index (χ3n) is 4.81. The molecule has 0 spiro atoms. The van der Waals surface area contributed by atoms with Crippen molar-refractivity contribution in [2.45, 2.75) is 75.0 Å². The van der Waals surface area contributed by atoms with Crippen molar-refractivity contribution < 1.29 is 25.9 Å². The summed E-state index contributed by atoms with van der Waals surface area (Å²) in [6.07, 6.45) is 6.57. The Morgan fingerprint density at radius 2 is 1.00 bits per heavy atom. The number of hydrogen-bond donors (Lipinski definition) is 2. The van der Waals surface area contributed by atoms with Gasteiger partial charge in [-0.2, -0.15) is 16.8 Å². The Kier molecular flexibility index (Phi) is 7.61. The lowest BCUT2D eigenvalue weighted by Gasteiger charge is -2.13. The summed E-state index contributed by atoms with van der Waals surface area (Å²) in [5.74, 6) is 0. The van der Waals surface area contributed by atoms with Gasteiger partial charge in [-0.15, -0.1) is 0 Å². The first kappa shape index (κ1) is 22.8. The normalized spacial score (nSPS) is 12.6. The van der Waals surface area contributed by atoms with Gasteiger partial charge in [0.1, 0.15) is 9.79 Å². The van der Waals surface area contributed by atoms with E-state index in [0.717, 1.165) is 38.5 Å². The average Bonchev–Trinajstić information content (AvgIpc) is 2.59. The van der Waals surface area contributed by atoms with Crippen LogP contribution in [0.15, 0.2) is 34.1 Å². The SMILES string of the molecule is CCCCCc1cc(S(=O)(=O)O)c2cc(CCCCC)cc(S(=O)(=O)O)c2c1. The second-order valence-electron chi connectivity index (χ2n) is 7.15. The van der Waals surface area contributed by atoms with Crippen molar-refractivity contribution in [3.05, 3.63) is 35.4 Å². The van der Waals surface area contributed by atoms with Crippen LogP contribution in [-0.4, -0.2) is 25.9 Å². The summed E-state index contributed by atoms with van der Waals surface area (Å²) in [7, 11) is -9.13. The monoisotopic (exact) mass is 428 g/mol. The third-order valence-corrected chi connectivity index (χ3v) is 6.59. The molecule has 2 rings (SSSR count). The van der Waals surface area contributed by atoms with Gasteiger partial charge in [-0.05, 0) is 61.1 Å². The molecule has 0 saturated carbocycles. The molecule has 0 heterocycles. The minimum atomic E-state index is -4.56. The molecule has 2 aromatic carbocycles. The lowest BCUT2D eigenvalue weighted by molar-refractivity contribution is 0.481. The molecule has 156 valence electrons. The van der Waals surface area contributed by atoms with Crippen LogP contribution in [0.4, 0.5) is 0 Å². The number of unbranched alkanes of at least 4 members (excludes halogenated alkanes) is 4. The van der Waals surface area contributed by atoms with Gasteiger partial charge in [-0.1, -0.05) is 39.5 Å². The summed E-state index contributed by atoms with van der Waals surface area (Å²) in [4.78, 5) is -0.641. The van der Waals surface area contributed by atoms with Gasteiger partial charge < -0.3 is 0 Å². The van der Waals surface area contributed by atoms with Crippen LogP contribution in [0.1, 0.15) is 63.5 Å². The van der Waals surface area contributed by atoms with Crippen LogP contribution in [0.5, 0.6) is 0 Å². The smallest absolute Gasteiger partial charge is 0.282 e. The van der Waals surface area contributed by atoms with Crippen LogP contribution in [-0.2, 0) is 33.1 Å². The van der Waals surface area contributed by atoms with Crippen molar-refractivity contribution in [1.29, 1.82) is 0 Å². The number of fused-ring (bicyclic) bond motifs is 1. The van der Waals surface area contributed by atoms with Gasteiger partial charge in [0.2, 0.25) is 0 Å². The van der Waals surface area contributed by atoms with Crippen LogP contribution >= 0.6 is 0 Å². The Bertz CT molecular complexity index is 955. The van der Waals surface area contributed by atoms with E-state index in [1.165, 1.54) is 12.1 Å². The van der Waals surface area contributed by atoms with Gasteiger partial charge in [0.25, 0.3) is 20.2 Å². The molecule has 0 aromatic heterocycles. The topological polar surface area (TPSA) is 109 Å². The van der Waals surface area contributed by atoms with Crippen molar-refractivity contribution in [3.63, 3.8) is 0 Å². The molecule has 0 fully saturated rings. The molecule has 2 aromatic rings. The maximum absolute atomic E-state index is 12.0. The summed E-state index contributed by atoms with van der Waals surface area (Å²) < 4.78 is 67.5. The molecule has 0 unspecified atom stereocenters. The molecule has 0 aliphatic rings. The van der Waals surface area contributed by atoms with Gasteiger partial charge in [-0.3, -0.25) is 9.11 Å². The van der Waals surface area contributed by atoms with E-state index < -0.39 is 20.2 Å². The highest BCUT2D eigenvalue weighted by Crippen LogP contribution is 2.32. The Morgan fingerprint density at radius 3 is 1.29 bits per heavy atom. The zero-order valence-electron chi connectivity index (χ0n) is 16.3. The van der Waals surface area contributed by atoms with Crippen LogP contribution in [0.2, 0.25) is 0 Å². The zero-order chi connectivity index (χ0) is 20.9. The molecular weight excluding hydrogens is 400 g/mol. The molecule has 0 aliphatic heterocycles. The maximum Gasteiger partial charge on any atom is 0.295 e. The number of aryl methyl sites for hydroxylation is 2. The van der Waals surface area contributed by atoms with E-state index in [-0.39, 0.29) is 20.6 Å². The number of hydrogen-bond acceptors (Lipinski definition) is 4. The van der Waals surface area contributed by atoms with Crippen LogP contribution in [0, 0.1) is 0 Å². The van der Waals surface area contributed by atoms with E-state index in [9.17, 15) is 25.9 Å². The maximum atomic E-state index is 12.0. The molecule has 0 aliphatic carbocycles. The average molecular weight is 429 g/mol. The molecule has 28 heavy (non-hydrogen) atoms.